The van der Waals surface area contributed by atoms with Crippen LogP contribution in [0.5, 0.6) is 0 Å². The Morgan fingerprint density at radius 2 is 2.47 bits per heavy atom. The Balaban J connectivity index is 1.99. The van der Waals surface area contributed by atoms with Crippen LogP contribution in [-0.4, -0.2) is 40.2 Å². The van der Waals surface area contributed by atoms with Crippen molar-refractivity contribution < 1.29 is 4.79 Å². The molecule has 1 aliphatic rings. The number of carbonyl (C=O) groups is 1. The molecule has 1 saturated heterocycles. The minimum Gasteiger partial charge on any atom is -0.338 e. The molecule has 5 nitrogen and oxygen atoms in total. The molecule has 2 N–H and O–H groups in total. The number of hydrogen-bond donors (Lipinski definition) is 1. The SMILES string of the molecule is Cn1cc(C(=O)N2CCCC(CCN)C2)cn1. The highest BCUT2D eigenvalue weighted by molar-refractivity contribution is 5.93. The van der Waals surface area contributed by atoms with Gasteiger partial charge in [-0.25, -0.2) is 0 Å². The normalized spacial score (nSPS) is 20.6. The summed E-state index contributed by atoms with van der Waals surface area (Å²) >= 11 is 0. The van der Waals surface area contributed by atoms with Gasteiger partial charge in [-0.15, -0.1) is 0 Å². The maximum absolute atomic E-state index is 12.2. The largest absolute Gasteiger partial charge is 0.338 e. The van der Waals surface area contributed by atoms with Crippen LogP contribution in [0.4, 0.5) is 0 Å². The van der Waals surface area contributed by atoms with Gasteiger partial charge < -0.3 is 10.6 Å². The maximum Gasteiger partial charge on any atom is 0.257 e. The van der Waals surface area contributed by atoms with Gasteiger partial charge in [0.25, 0.3) is 5.91 Å². The highest BCUT2D eigenvalue weighted by atomic mass is 16.2. The fraction of sp³-hybridized carbons (Fsp3) is 0.667. The third-order valence-corrected chi connectivity index (χ3v) is 3.33. The highest BCUT2D eigenvalue weighted by Crippen LogP contribution is 2.20. The molecule has 0 aliphatic carbocycles. The molecule has 1 unspecified atom stereocenters. The lowest BCUT2D eigenvalue weighted by Gasteiger charge is -2.32. The van der Waals surface area contributed by atoms with Gasteiger partial charge in [0.15, 0.2) is 0 Å². The number of nitrogens with zero attached hydrogens (tertiary/aromatic N) is 3. The van der Waals surface area contributed by atoms with Gasteiger partial charge in [-0.3, -0.25) is 9.48 Å². The molecule has 1 aromatic rings. The van der Waals surface area contributed by atoms with Crippen LogP contribution in [-0.2, 0) is 7.05 Å². The first-order chi connectivity index (χ1) is 8.20. The van der Waals surface area contributed by atoms with Gasteiger partial charge in [-0.1, -0.05) is 0 Å². The van der Waals surface area contributed by atoms with Crippen LogP contribution in [0.2, 0.25) is 0 Å². The summed E-state index contributed by atoms with van der Waals surface area (Å²) in [5, 5.41) is 4.04. The third kappa shape index (κ3) is 2.85. The molecule has 1 aromatic heterocycles. The van der Waals surface area contributed by atoms with Crippen LogP contribution in [0.3, 0.4) is 0 Å². The van der Waals surface area contributed by atoms with Gasteiger partial charge in [0.05, 0.1) is 11.8 Å². The van der Waals surface area contributed by atoms with Crippen LogP contribution < -0.4 is 5.73 Å². The van der Waals surface area contributed by atoms with E-state index < -0.39 is 0 Å². The second kappa shape index (κ2) is 5.31. The van der Waals surface area contributed by atoms with E-state index in [2.05, 4.69) is 5.10 Å². The number of aryl methyl sites for hydroxylation is 1. The molecule has 5 heteroatoms. The molecular formula is C12H20N4O. The summed E-state index contributed by atoms with van der Waals surface area (Å²) in [6.07, 6.45) is 6.69. The Morgan fingerprint density at radius 1 is 1.65 bits per heavy atom. The second-order valence-electron chi connectivity index (χ2n) is 4.74. The standard InChI is InChI=1S/C12H20N4O/c1-15-9-11(7-14-15)12(17)16-6-2-3-10(8-16)4-5-13/h7,9-10H,2-6,8,13H2,1H3. The van der Waals surface area contributed by atoms with E-state index >= 15 is 0 Å². The van der Waals surface area contributed by atoms with Crippen molar-refractivity contribution in [2.45, 2.75) is 19.3 Å². The summed E-state index contributed by atoms with van der Waals surface area (Å²) < 4.78 is 1.66. The minimum atomic E-state index is 0.0971. The molecule has 94 valence electrons. The molecule has 0 spiro atoms. The number of aromatic nitrogens is 2. The molecule has 1 aliphatic heterocycles. The first kappa shape index (κ1) is 12.1. The Kier molecular flexibility index (Phi) is 3.78. The number of amides is 1. The van der Waals surface area contributed by atoms with Crippen LogP contribution in [0.15, 0.2) is 12.4 Å². The molecule has 1 fully saturated rings. The zero-order chi connectivity index (χ0) is 12.3. The van der Waals surface area contributed by atoms with E-state index in [4.69, 9.17) is 5.73 Å². The van der Waals surface area contributed by atoms with E-state index in [1.165, 1.54) is 6.42 Å². The van der Waals surface area contributed by atoms with Gasteiger partial charge in [-0.2, -0.15) is 5.10 Å². The number of nitrogens with two attached hydrogens (primary N) is 1. The van der Waals surface area contributed by atoms with Crippen molar-refractivity contribution in [2.24, 2.45) is 18.7 Å². The van der Waals surface area contributed by atoms with Crippen molar-refractivity contribution in [3.63, 3.8) is 0 Å². The number of hydrogen-bond acceptors (Lipinski definition) is 3. The highest BCUT2D eigenvalue weighted by Gasteiger charge is 2.24. The van der Waals surface area contributed by atoms with Crippen molar-refractivity contribution in [1.82, 2.24) is 14.7 Å². The summed E-state index contributed by atoms with van der Waals surface area (Å²) in [6, 6.07) is 0. The van der Waals surface area contributed by atoms with Gasteiger partial charge in [0.2, 0.25) is 0 Å². The lowest BCUT2D eigenvalue weighted by Crippen LogP contribution is -2.40. The number of piperidine rings is 1. The zero-order valence-electron chi connectivity index (χ0n) is 10.3. The van der Waals surface area contributed by atoms with E-state index in [1.807, 2.05) is 11.9 Å². The average Bonchev–Trinajstić information content (AvgIpc) is 2.76. The molecule has 1 amide bonds. The average molecular weight is 236 g/mol. The summed E-state index contributed by atoms with van der Waals surface area (Å²) in [5.74, 6) is 0.661. The minimum absolute atomic E-state index is 0.0971. The lowest BCUT2D eigenvalue weighted by molar-refractivity contribution is 0.0669. The molecule has 0 aromatic carbocycles. The molecule has 17 heavy (non-hydrogen) atoms. The Bertz CT molecular complexity index is 386. The van der Waals surface area contributed by atoms with E-state index in [0.717, 1.165) is 25.9 Å². The van der Waals surface area contributed by atoms with Crippen molar-refractivity contribution in [1.29, 1.82) is 0 Å². The Labute approximate surface area is 102 Å². The molecule has 0 bridgehead atoms. The molecule has 0 radical (unpaired) electrons. The topological polar surface area (TPSA) is 64.2 Å². The summed E-state index contributed by atoms with van der Waals surface area (Å²) in [7, 11) is 1.82. The fourth-order valence-electron chi connectivity index (χ4n) is 2.44. The Hall–Kier alpha value is -1.36. The molecule has 2 heterocycles. The zero-order valence-corrected chi connectivity index (χ0v) is 10.3. The number of carbonyl (C=O) groups excluding carboxylic acids is 1. The van der Waals surface area contributed by atoms with Crippen molar-refractivity contribution >= 4 is 5.91 Å². The smallest absolute Gasteiger partial charge is 0.257 e. The number of rotatable bonds is 3. The van der Waals surface area contributed by atoms with Crippen molar-refractivity contribution in [2.75, 3.05) is 19.6 Å². The van der Waals surface area contributed by atoms with E-state index in [9.17, 15) is 4.79 Å². The molecule has 1 atom stereocenters. The summed E-state index contributed by atoms with van der Waals surface area (Å²) in [4.78, 5) is 14.1. The van der Waals surface area contributed by atoms with Crippen molar-refractivity contribution in [3.8, 4) is 0 Å². The molecule has 2 rings (SSSR count). The van der Waals surface area contributed by atoms with E-state index in [0.29, 0.717) is 18.0 Å². The fourth-order valence-corrected chi connectivity index (χ4v) is 2.44. The van der Waals surface area contributed by atoms with Gasteiger partial charge in [0, 0.05) is 26.3 Å². The van der Waals surface area contributed by atoms with E-state index in [1.54, 1.807) is 17.1 Å². The second-order valence-corrected chi connectivity index (χ2v) is 4.74. The summed E-state index contributed by atoms with van der Waals surface area (Å²) in [5.41, 5.74) is 6.26. The first-order valence-electron chi connectivity index (χ1n) is 6.18. The predicted octanol–water partition coefficient (Wildman–Crippen LogP) is 0.621. The maximum atomic E-state index is 12.2. The van der Waals surface area contributed by atoms with Crippen molar-refractivity contribution in [3.05, 3.63) is 18.0 Å². The van der Waals surface area contributed by atoms with Gasteiger partial charge >= 0.3 is 0 Å². The Morgan fingerprint density at radius 3 is 3.12 bits per heavy atom. The quantitative estimate of drug-likeness (QED) is 0.836. The summed E-state index contributed by atoms with van der Waals surface area (Å²) in [6.45, 7) is 2.40. The first-order valence-corrected chi connectivity index (χ1v) is 6.18. The van der Waals surface area contributed by atoms with Crippen LogP contribution in [0.25, 0.3) is 0 Å². The lowest BCUT2D eigenvalue weighted by atomic mass is 9.94. The van der Waals surface area contributed by atoms with E-state index in [-0.39, 0.29) is 5.91 Å². The number of likely N-dealkylation sites (tertiary alicyclic amines) is 1. The van der Waals surface area contributed by atoms with Crippen LogP contribution >= 0.6 is 0 Å². The van der Waals surface area contributed by atoms with Crippen LogP contribution in [0, 0.1) is 5.92 Å². The third-order valence-electron chi connectivity index (χ3n) is 3.33. The van der Waals surface area contributed by atoms with Crippen LogP contribution in [0.1, 0.15) is 29.6 Å². The molecular weight excluding hydrogens is 216 g/mol. The van der Waals surface area contributed by atoms with Gasteiger partial charge in [-0.05, 0) is 31.7 Å². The van der Waals surface area contributed by atoms with Gasteiger partial charge in [0.1, 0.15) is 0 Å². The monoisotopic (exact) mass is 236 g/mol. The predicted molar refractivity (Wildman–Crippen MR) is 65.5 cm³/mol. The molecule has 0 saturated carbocycles.